The van der Waals surface area contributed by atoms with Crippen molar-refractivity contribution in [3.8, 4) is 0 Å². The van der Waals surface area contributed by atoms with E-state index in [2.05, 4.69) is 38.2 Å². The first-order chi connectivity index (χ1) is 8.65. The number of rotatable bonds is 8. The molecule has 1 aromatic rings. The molecule has 0 radical (unpaired) electrons. The average molecular weight is 268 g/mol. The normalized spacial score (nSPS) is 12.9. The van der Waals surface area contributed by atoms with Crippen LogP contribution in [-0.2, 0) is 6.42 Å². The zero-order valence-corrected chi connectivity index (χ0v) is 12.6. The summed E-state index contributed by atoms with van der Waals surface area (Å²) in [6.45, 7) is 6.79. The predicted octanol–water partition coefficient (Wildman–Crippen LogP) is 4.83. The molecule has 1 aromatic carbocycles. The average Bonchev–Trinajstić information content (AvgIpc) is 2.33. The highest BCUT2D eigenvalue weighted by Crippen LogP contribution is 2.12. The van der Waals surface area contributed by atoms with Gasteiger partial charge in [-0.1, -0.05) is 50.4 Å². The van der Waals surface area contributed by atoms with Crippen LogP contribution in [0.4, 0.5) is 0 Å². The minimum Gasteiger partial charge on any atom is -0.311 e. The number of hydrogen-bond donors (Lipinski definition) is 1. The first-order valence-corrected chi connectivity index (χ1v) is 7.54. The van der Waals surface area contributed by atoms with Crippen molar-refractivity contribution in [1.29, 1.82) is 0 Å². The Kier molecular flexibility index (Phi) is 7.38. The van der Waals surface area contributed by atoms with Crippen LogP contribution in [0.2, 0.25) is 5.02 Å². The van der Waals surface area contributed by atoms with E-state index in [0.717, 1.165) is 11.4 Å². The molecule has 0 aliphatic heterocycles. The second-order valence-corrected chi connectivity index (χ2v) is 5.61. The maximum atomic E-state index is 5.90. The van der Waals surface area contributed by atoms with Gasteiger partial charge in [-0.25, -0.2) is 0 Å². The van der Waals surface area contributed by atoms with E-state index >= 15 is 0 Å². The SMILES string of the molecule is CCCC(CCC)NC(C)Cc1ccc(Cl)cc1. The summed E-state index contributed by atoms with van der Waals surface area (Å²) >= 11 is 5.90. The second-order valence-electron chi connectivity index (χ2n) is 5.17. The van der Waals surface area contributed by atoms with Crippen LogP contribution >= 0.6 is 11.6 Å². The van der Waals surface area contributed by atoms with Crippen molar-refractivity contribution in [2.45, 2.75) is 65.0 Å². The molecule has 1 nitrogen and oxygen atoms in total. The van der Waals surface area contributed by atoms with Gasteiger partial charge in [0.15, 0.2) is 0 Å². The van der Waals surface area contributed by atoms with E-state index in [0.29, 0.717) is 12.1 Å². The quantitative estimate of drug-likeness (QED) is 0.711. The highest BCUT2D eigenvalue weighted by molar-refractivity contribution is 6.30. The molecule has 0 fully saturated rings. The molecule has 1 N–H and O–H groups in total. The van der Waals surface area contributed by atoms with Crippen molar-refractivity contribution >= 4 is 11.6 Å². The minimum atomic E-state index is 0.522. The first kappa shape index (κ1) is 15.5. The van der Waals surface area contributed by atoms with Crippen molar-refractivity contribution in [3.63, 3.8) is 0 Å². The maximum absolute atomic E-state index is 5.90. The van der Waals surface area contributed by atoms with E-state index < -0.39 is 0 Å². The summed E-state index contributed by atoms with van der Waals surface area (Å²) in [4.78, 5) is 0. The van der Waals surface area contributed by atoms with Gasteiger partial charge in [-0.05, 0) is 43.9 Å². The van der Waals surface area contributed by atoms with Crippen LogP contribution in [-0.4, -0.2) is 12.1 Å². The topological polar surface area (TPSA) is 12.0 Å². The molecular formula is C16H26ClN. The van der Waals surface area contributed by atoms with Gasteiger partial charge in [0, 0.05) is 17.1 Å². The largest absolute Gasteiger partial charge is 0.311 e. The van der Waals surface area contributed by atoms with Gasteiger partial charge in [-0.2, -0.15) is 0 Å². The fourth-order valence-electron chi connectivity index (χ4n) is 2.44. The summed E-state index contributed by atoms with van der Waals surface area (Å²) in [7, 11) is 0. The standard InChI is InChI=1S/C16H26ClN/c1-4-6-16(7-5-2)18-13(3)12-14-8-10-15(17)11-9-14/h8-11,13,16,18H,4-7,12H2,1-3H3. The van der Waals surface area contributed by atoms with Crippen LogP contribution in [0, 0.1) is 0 Å². The van der Waals surface area contributed by atoms with Crippen molar-refractivity contribution in [1.82, 2.24) is 5.32 Å². The van der Waals surface area contributed by atoms with Crippen molar-refractivity contribution in [2.24, 2.45) is 0 Å². The zero-order valence-electron chi connectivity index (χ0n) is 11.9. The van der Waals surface area contributed by atoms with E-state index in [-0.39, 0.29) is 0 Å². The maximum Gasteiger partial charge on any atom is 0.0406 e. The fraction of sp³-hybridized carbons (Fsp3) is 0.625. The van der Waals surface area contributed by atoms with E-state index in [1.165, 1.54) is 31.2 Å². The molecule has 0 bridgehead atoms. The summed E-state index contributed by atoms with van der Waals surface area (Å²) in [5.74, 6) is 0. The molecule has 1 unspecified atom stereocenters. The number of benzene rings is 1. The number of halogens is 1. The van der Waals surface area contributed by atoms with Crippen LogP contribution in [0.1, 0.15) is 52.0 Å². The van der Waals surface area contributed by atoms with Gasteiger partial charge in [0.25, 0.3) is 0 Å². The predicted molar refractivity (Wildman–Crippen MR) is 81.4 cm³/mol. The fourth-order valence-corrected chi connectivity index (χ4v) is 2.57. The van der Waals surface area contributed by atoms with Crippen LogP contribution in [0.15, 0.2) is 24.3 Å². The lowest BCUT2D eigenvalue weighted by atomic mass is 10.0. The van der Waals surface area contributed by atoms with Crippen LogP contribution in [0.5, 0.6) is 0 Å². The number of nitrogens with one attached hydrogen (secondary N) is 1. The summed E-state index contributed by atoms with van der Waals surface area (Å²) in [5.41, 5.74) is 1.35. The second kappa shape index (κ2) is 8.55. The smallest absolute Gasteiger partial charge is 0.0406 e. The van der Waals surface area contributed by atoms with Gasteiger partial charge in [-0.15, -0.1) is 0 Å². The van der Waals surface area contributed by atoms with Crippen LogP contribution in [0.25, 0.3) is 0 Å². The Labute approximate surface area is 117 Å². The Morgan fingerprint density at radius 1 is 1.06 bits per heavy atom. The lowest BCUT2D eigenvalue weighted by Gasteiger charge is -2.23. The molecule has 2 heteroatoms. The number of hydrogen-bond acceptors (Lipinski definition) is 1. The van der Waals surface area contributed by atoms with Crippen molar-refractivity contribution in [3.05, 3.63) is 34.9 Å². The third-order valence-electron chi connectivity index (χ3n) is 3.25. The Morgan fingerprint density at radius 3 is 2.11 bits per heavy atom. The lowest BCUT2D eigenvalue weighted by Crippen LogP contribution is -2.37. The third-order valence-corrected chi connectivity index (χ3v) is 3.50. The van der Waals surface area contributed by atoms with E-state index in [1.807, 2.05) is 12.1 Å². The zero-order chi connectivity index (χ0) is 13.4. The van der Waals surface area contributed by atoms with E-state index in [1.54, 1.807) is 0 Å². The molecule has 0 aliphatic carbocycles. The monoisotopic (exact) mass is 267 g/mol. The summed E-state index contributed by atoms with van der Waals surface area (Å²) in [6.07, 6.45) is 6.13. The molecule has 102 valence electrons. The van der Waals surface area contributed by atoms with Crippen LogP contribution in [0.3, 0.4) is 0 Å². The van der Waals surface area contributed by atoms with Gasteiger partial charge < -0.3 is 5.32 Å². The molecule has 0 aromatic heterocycles. The lowest BCUT2D eigenvalue weighted by molar-refractivity contribution is 0.395. The van der Waals surface area contributed by atoms with Gasteiger partial charge in [-0.3, -0.25) is 0 Å². The molecule has 0 heterocycles. The molecule has 18 heavy (non-hydrogen) atoms. The Morgan fingerprint density at radius 2 is 1.61 bits per heavy atom. The van der Waals surface area contributed by atoms with Gasteiger partial charge in [0.05, 0.1) is 0 Å². The highest BCUT2D eigenvalue weighted by Gasteiger charge is 2.10. The molecule has 0 saturated carbocycles. The van der Waals surface area contributed by atoms with Crippen LogP contribution < -0.4 is 5.32 Å². The Hall–Kier alpha value is -0.530. The summed E-state index contributed by atoms with van der Waals surface area (Å²) in [5, 5.41) is 4.56. The minimum absolute atomic E-state index is 0.522. The Bertz CT molecular complexity index is 314. The molecule has 0 saturated heterocycles. The van der Waals surface area contributed by atoms with Gasteiger partial charge in [0.1, 0.15) is 0 Å². The molecule has 0 amide bonds. The summed E-state index contributed by atoms with van der Waals surface area (Å²) < 4.78 is 0. The van der Waals surface area contributed by atoms with Crippen molar-refractivity contribution < 1.29 is 0 Å². The first-order valence-electron chi connectivity index (χ1n) is 7.16. The molecule has 1 atom stereocenters. The van der Waals surface area contributed by atoms with Gasteiger partial charge >= 0.3 is 0 Å². The van der Waals surface area contributed by atoms with E-state index in [4.69, 9.17) is 11.6 Å². The van der Waals surface area contributed by atoms with Gasteiger partial charge in [0.2, 0.25) is 0 Å². The molecule has 0 aliphatic rings. The Balaban J connectivity index is 2.43. The molecule has 0 spiro atoms. The van der Waals surface area contributed by atoms with Crippen molar-refractivity contribution in [2.75, 3.05) is 0 Å². The highest BCUT2D eigenvalue weighted by atomic mass is 35.5. The van der Waals surface area contributed by atoms with E-state index in [9.17, 15) is 0 Å². The third kappa shape index (κ3) is 5.88. The molecule has 1 rings (SSSR count). The summed E-state index contributed by atoms with van der Waals surface area (Å²) in [6, 6.07) is 9.37. The molecular weight excluding hydrogens is 242 g/mol.